The molecule has 4 rings (SSSR count). The van der Waals surface area contributed by atoms with Crippen LogP contribution in [0.5, 0.6) is 0 Å². The Morgan fingerprint density at radius 1 is 0.972 bits per heavy atom. The van der Waals surface area contributed by atoms with Crippen LogP contribution in [0.4, 0.5) is 4.79 Å². The summed E-state index contributed by atoms with van der Waals surface area (Å²) in [5.74, 6) is -2.38. The molecule has 1 aliphatic carbocycles. The van der Waals surface area contributed by atoms with Crippen LogP contribution in [0.2, 0.25) is 0 Å². The first-order valence-corrected chi connectivity index (χ1v) is 11.9. The first kappa shape index (κ1) is 25.4. The lowest BCUT2D eigenvalue weighted by atomic mass is 9.98. The SMILES string of the molecule is C[C@@H](OC(C)(C)C)C(NC(=O)OCC1c2ccccc2-c2ccccc21)C(=O)ON1C(=O)CCC1=O. The molecule has 190 valence electrons. The van der Waals surface area contributed by atoms with Crippen molar-refractivity contribution in [3.63, 3.8) is 0 Å². The quantitative estimate of drug-likeness (QED) is 0.584. The van der Waals surface area contributed by atoms with E-state index in [-0.39, 0.29) is 25.4 Å². The summed E-state index contributed by atoms with van der Waals surface area (Å²) in [4.78, 5) is 54.6. The number of imide groups is 1. The first-order valence-electron chi connectivity index (χ1n) is 11.9. The molecule has 1 N–H and O–H groups in total. The molecule has 1 saturated heterocycles. The number of hydroxylamine groups is 2. The smallest absolute Gasteiger partial charge is 0.407 e. The molecule has 2 aromatic carbocycles. The summed E-state index contributed by atoms with van der Waals surface area (Å²) in [6.07, 6.45) is -1.76. The minimum atomic E-state index is -1.32. The lowest BCUT2D eigenvalue weighted by Gasteiger charge is -2.30. The Morgan fingerprint density at radius 3 is 2.03 bits per heavy atom. The number of carbonyl (C=O) groups excluding carboxylic acids is 4. The third-order valence-corrected chi connectivity index (χ3v) is 6.07. The van der Waals surface area contributed by atoms with E-state index in [9.17, 15) is 19.2 Å². The number of alkyl carbamates (subject to hydrolysis) is 1. The van der Waals surface area contributed by atoms with Gasteiger partial charge >= 0.3 is 12.1 Å². The zero-order valence-corrected chi connectivity index (χ0v) is 20.8. The van der Waals surface area contributed by atoms with Gasteiger partial charge in [0.2, 0.25) is 0 Å². The van der Waals surface area contributed by atoms with Crippen molar-refractivity contribution in [2.75, 3.05) is 6.61 Å². The Morgan fingerprint density at radius 2 is 1.50 bits per heavy atom. The summed E-state index contributed by atoms with van der Waals surface area (Å²) in [6, 6.07) is 14.6. The molecule has 1 aliphatic heterocycles. The second-order valence-electron chi connectivity index (χ2n) is 9.88. The maximum absolute atomic E-state index is 12.9. The third-order valence-electron chi connectivity index (χ3n) is 6.07. The predicted octanol–water partition coefficient (Wildman–Crippen LogP) is 3.70. The Bertz CT molecular complexity index is 1130. The van der Waals surface area contributed by atoms with E-state index in [1.54, 1.807) is 27.7 Å². The number of nitrogens with zero attached hydrogens (tertiary/aromatic N) is 1. The number of amides is 3. The van der Waals surface area contributed by atoms with Crippen molar-refractivity contribution in [3.8, 4) is 11.1 Å². The highest BCUT2D eigenvalue weighted by molar-refractivity contribution is 6.02. The van der Waals surface area contributed by atoms with E-state index in [0.717, 1.165) is 22.3 Å². The molecule has 1 fully saturated rings. The highest BCUT2D eigenvalue weighted by Gasteiger charge is 2.39. The number of rotatable bonds is 7. The molecule has 1 heterocycles. The number of nitrogens with one attached hydrogen (secondary N) is 1. The summed E-state index contributed by atoms with van der Waals surface area (Å²) < 4.78 is 11.4. The average molecular weight is 495 g/mol. The van der Waals surface area contributed by atoms with Gasteiger partial charge < -0.3 is 19.6 Å². The van der Waals surface area contributed by atoms with Gasteiger partial charge in [-0.1, -0.05) is 48.5 Å². The van der Waals surface area contributed by atoms with Gasteiger partial charge in [0.15, 0.2) is 6.04 Å². The predicted molar refractivity (Wildman–Crippen MR) is 129 cm³/mol. The number of ether oxygens (including phenoxy) is 2. The molecule has 0 spiro atoms. The van der Waals surface area contributed by atoms with Crippen LogP contribution in [0.25, 0.3) is 11.1 Å². The monoisotopic (exact) mass is 494 g/mol. The molecule has 0 radical (unpaired) electrons. The molecule has 2 atom stereocenters. The Hall–Kier alpha value is -3.72. The largest absolute Gasteiger partial charge is 0.449 e. The number of carbonyl (C=O) groups is 4. The zero-order chi connectivity index (χ0) is 26.0. The van der Waals surface area contributed by atoms with Crippen LogP contribution < -0.4 is 5.32 Å². The van der Waals surface area contributed by atoms with E-state index in [1.807, 2.05) is 48.5 Å². The minimum absolute atomic E-state index is 0.0371. The maximum atomic E-state index is 12.9. The number of fused-ring (bicyclic) bond motifs is 3. The van der Waals surface area contributed by atoms with Gasteiger partial charge in [0.25, 0.3) is 11.8 Å². The van der Waals surface area contributed by atoms with Crippen molar-refractivity contribution in [1.29, 1.82) is 0 Å². The molecule has 0 aromatic heterocycles. The molecule has 9 nitrogen and oxygen atoms in total. The normalized spacial score (nSPS) is 16.8. The van der Waals surface area contributed by atoms with Crippen LogP contribution >= 0.6 is 0 Å². The van der Waals surface area contributed by atoms with E-state index in [0.29, 0.717) is 5.06 Å². The van der Waals surface area contributed by atoms with Crippen molar-refractivity contribution in [2.24, 2.45) is 0 Å². The fourth-order valence-electron chi connectivity index (χ4n) is 4.57. The number of hydrogen-bond donors (Lipinski definition) is 1. The molecule has 1 unspecified atom stereocenters. The van der Waals surface area contributed by atoms with Crippen LogP contribution in [0.1, 0.15) is 57.6 Å². The summed E-state index contributed by atoms with van der Waals surface area (Å²) in [5, 5.41) is 2.95. The maximum Gasteiger partial charge on any atom is 0.407 e. The second-order valence-corrected chi connectivity index (χ2v) is 9.88. The van der Waals surface area contributed by atoms with Crippen LogP contribution in [-0.2, 0) is 28.7 Å². The topological polar surface area (TPSA) is 111 Å². The lowest BCUT2D eigenvalue weighted by molar-refractivity contribution is -0.202. The molecule has 9 heteroatoms. The minimum Gasteiger partial charge on any atom is -0.449 e. The van der Waals surface area contributed by atoms with Gasteiger partial charge in [-0.25, -0.2) is 9.59 Å². The molecule has 2 aliphatic rings. The van der Waals surface area contributed by atoms with E-state index in [1.165, 1.54) is 0 Å². The van der Waals surface area contributed by atoms with Crippen molar-refractivity contribution in [2.45, 2.75) is 64.2 Å². The zero-order valence-electron chi connectivity index (χ0n) is 20.8. The second kappa shape index (κ2) is 10.1. The van der Waals surface area contributed by atoms with Gasteiger partial charge in [-0.05, 0) is 49.9 Å². The summed E-state index contributed by atoms with van der Waals surface area (Å²) in [6.45, 7) is 7.04. The highest BCUT2D eigenvalue weighted by atomic mass is 16.7. The van der Waals surface area contributed by atoms with Crippen molar-refractivity contribution in [1.82, 2.24) is 10.4 Å². The van der Waals surface area contributed by atoms with Gasteiger partial charge in [0.1, 0.15) is 6.61 Å². The van der Waals surface area contributed by atoms with Crippen LogP contribution in [0.15, 0.2) is 48.5 Å². The molecular weight excluding hydrogens is 464 g/mol. The van der Waals surface area contributed by atoms with Crippen LogP contribution in [0.3, 0.4) is 0 Å². The van der Waals surface area contributed by atoms with E-state index in [2.05, 4.69) is 5.32 Å². The molecule has 2 aromatic rings. The third kappa shape index (κ3) is 5.41. The lowest BCUT2D eigenvalue weighted by Crippen LogP contribution is -2.53. The summed E-state index contributed by atoms with van der Waals surface area (Å²) in [5.41, 5.74) is 3.66. The fraction of sp³-hybridized carbons (Fsp3) is 0.407. The Kier molecular flexibility index (Phi) is 7.12. The Labute approximate surface area is 209 Å². The molecule has 36 heavy (non-hydrogen) atoms. The van der Waals surface area contributed by atoms with Crippen molar-refractivity contribution >= 4 is 23.9 Å². The van der Waals surface area contributed by atoms with Gasteiger partial charge in [-0.15, -0.1) is 5.06 Å². The standard InChI is InChI=1S/C27H30N2O7/c1-16(35-27(2,3)4)24(25(32)36-29-22(30)13-14-23(29)31)28-26(33)34-15-21-19-11-7-5-9-17(19)18-10-6-8-12-20(18)21/h5-12,16,21,24H,13-15H2,1-4H3,(H,28,33)/t16-,24?/m1/s1. The van der Waals surface area contributed by atoms with Crippen LogP contribution in [-0.4, -0.2) is 53.3 Å². The molecule has 3 amide bonds. The summed E-state index contributed by atoms with van der Waals surface area (Å²) in [7, 11) is 0. The van der Waals surface area contributed by atoms with E-state index in [4.69, 9.17) is 14.3 Å². The van der Waals surface area contributed by atoms with Crippen molar-refractivity contribution in [3.05, 3.63) is 59.7 Å². The molecule has 0 saturated carbocycles. The van der Waals surface area contributed by atoms with Crippen molar-refractivity contribution < 1.29 is 33.5 Å². The molecular formula is C27H30N2O7. The van der Waals surface area contributed by atoms with E-state index >= 15 is 0 Å². The highest BCUT2D eigenvalue weighted by Crippen LogP contribution is 2.44. The van der Waals surface area contributed by atoms with Gasteiger partial charge in [-0.3, -0.25) is 9.59 Å². The first-order chi connectivity index (χ1) is 17.0. The van der Waals surface area contributed by atoms with Gasteiger partial charge in [0.05, 0.1) is 11.7 Å². The number of hydrogen-bond acceptors (Lipinski definition) is 7. The Balaban J connectivity index is 1.46. The molecule has 0 bridgehead atoms. The number of benzene rings is 2. The van der Waals surface area contributed by atoms with Gasteiger partial charge in [-0.2, -0.15) is 0 Å². The average Bonchev–Trinajstić information content (AvgIpc) is 3.31. The summed E-state index contributed by atoms with van der Waals surface area (Å²) >= 11 is 0. The van der Waals surface area contributed by atoms with Crippen LogP contribution in [0, 0.1) is 0 Å². The fourth-order valence-corrected chi connectivity index (χ4v) is 4.57. The van der Waals surface area contributed by atoms with Gasteiger partial charge in [0, 0.05) is 18.8 Å². The van der Waals surface area contributed by atoms with E-state index < -0.39 is 41.6 Å².